The molecule has 13 heavy (non-hydrogen) atoms. The first-order chi connectivity index (χ1) is 6.29. The van der Waals surface area contributed by atoms with Crippen LogP contribution in [-0.2, 0) is 19.5 Å². The number of hydrogen-bond acceptors (Lipinski definition) is 3. The van der Waals surface area contributed by atoms with Crippen molar-refractivity contribution in [3.63, 3.8) is 0 Å². The number of rotatable bonds is 2. The van der Waals surface area contributed by atoms with Gasteiger partial charge in [-0.25, -0.2) is 9.67 Å². The van der Waals surface area contributed by atoms with Crippen molar-refractivity contribution in [3.05, 3.63) is 11.6 Å². The minimum Gasteiger partial charge on any atom is -0.313 e. The lowest BCUT2D eigenvalue weighted by Gasteiger charge is -2.17. The third kappa shape index (κ3) is 1.72. The van der Waals surface area contributed by atoms with Crippen LogP contribution in [0.3, 0.4) is 0 Å². The molecule has 72 valence electrons. The molecule has 4 nitrogen and oxygen atoms in total. The molecular formula is C9H16N4. The zero-order valence-electron chi connectivity index (χ0n) is 8.25. The summed E-state index contributed by atoms with van der Waals surface area (Å²) >= 11 is 0. The highest BCUT2D eigenvalue weighted by atomic mass is 15.4. The Kier molecular flexibility index (Phi) is 2.31. The van der Waals surface area contributed by atoms with Crippen LogP contribution < -0.4 is 5.32 Å². The zero-order valence-corrected chi connectivity index (χ0v) is 8.25. The predicted octanol–water partition coefficient (Wildman–Crippen LogP) is 0.580. The summed E-state index contributed by atoms with van der Waals surface area (Å²) in [6.07, 6.45) is 2.31. The monoisotopic (exact) mass is 180 g/mol. The molecular weight excluding hydrogens is 164 g/mol. The molecule has 0 aromatic carbocycles. The Hall–Kier alpha value is -0.900. The van der Waals surface area contributed by atoms with Gasteiger partial charge in [-0.3, -0.25) is 0 Å². The van der Waals surface area contributed by atoms with Gasteiger partial charge in [-0.15, -0.1) is 0 Å². The van der Waals surface area contributed by atoms with Crippen LogP contribution in [-0.4, -0.2) is 21.8 Å². The van der Waals surface area contributed by atoms with Gasteiger partial charge in [-0.2, -0.15) is 5.10 Å². The summed E-state index contributed by atoms with van der Waals surface area (Å²) in [6, 6.07) is 0. The van der Waals surface area contributed by atoms with Crippen molar-refractivity contribution in [2.75, 3.05) is 7.05 Å². The van der Waals surface area contributed by atoms with Crippen molar-refractivity contribution in [2.45, 2.75) is 32.9 Å². The highest BCUT2D eigenvalue weighted by Crippen LogP contribution is 2.17. The molecule has 1 N–H and O–H groups in total. The van der Waals surface area contributed by atoms with Gasteiger partial charge in [0, 0.05) is 13.0 Å². The van der Waals surface area contributed by atoms with E-state index in [1.807, 2.05) is 11.7 Å². The van der Waals surface area contributed by atoms with Crippen LogP contribution >= 0.6 is 0 Å². The lowest BCUT2D eigenvalue weighted by molar-refractivity contribution is 0.385. The van der Waals surface area contributed by atoms with Crippen molar-refractivity contribution in [2.24, 2.45) is 5.92 Å². The highest BCUT2D eigenvalue weighted by Gasteiger charge is 2.18. The lowest BCUT2D eigenvalue weighted by Crippen LogP contribution is -2.18. The van der Waals surface area contributed by atoms with Crippen LogP contribution in [0.5, 0.6) is 0 Å². The Morgan fingerprint density at radius 3 is 3.23 bits per heavy atom. The van der Waals surface area contributed by atoms with E-state index in [-0.39, 0.29) is 0 Å². The average molecular weight is 180 g/mol. The van der Waals surface area contributed by atoms with E-state index in [0.717, 1.165) is 37.1 Å². The molecule has 0 bridgehead atoms. The molecule has 0 spiro atoms. The van der Waals surface area contributed by atoms with E-state index in [9.17, 15) is 0 Å². The summed E-state index contributed by atoms with van der Waals surface area (Å²) in [4.78, 5) is 4.48. The van der Waals surface area contributed by atoms with Crippen molar-refractivity contribution < 1.29 is 0 Å². The van der Waals surface area contributed by atoms with Crippen LogP contribution in [0.2, 0.25) is 0 Å². The first-order valence-corrected chi connectivity index (χ1v) is 4.87. The summed E-state index contributed by atoms with van der Waals surface area (Å²) in [5, 5.41) is 7.48. The van der Waals surface area contributed by atoms with E-state index in [1.165, 1.54) is 6.42 Å². The van der Waals surface area contributed by atoms with E-state index in [2.05, 4.69) is 22.3 Å². The summed E-state index contributed by atoms with van der Waals surface area (Å²) in [6.45, 7) is 4.08. The van der Waals surface area contributed by atoms with E-state index < -0.39 is 0 Å². The molecule has 0 radical (unpaired) electrons. The van der Waals surface area contributed by atoms with E-state index in [1.54, 1.807) is 0 Å². The van der Waals surface area contributed by atoms with Gasteiger partial charge in [0.25, 0.3) is 0 Å². The normalized spacial score (nSPS) is 21.5. The largest absolute Gasteiger partial charge is 0.313 e. The Morgan fingerprint density at radius 1 is 1.62 bits per heavy atom. The van der Waals surface area contributed by atoms with Crippen molar-refractivity contribution in [3.8, 4) is 0 Å². The van der Waals surface area contributed by atoms with Gasteiger partial charge >= 0.3 is 0 Å². The number of nitrogens with one attached hydrogen (secondary N) is 1. The maximum atomic E-state index is 4.48. The second kappa shape index (κ2) is 3.46. The summed E-state index contributed by atoms with van der Waals surface area (Å²) in [5.41, 5.74) is 0. The van der Waals surface area contributed by atoms with Gasteiger partial charge in [0.2, 0.25) is 0 Å². The van der Waals surface area contributed by atoms with Gasteiger partial charge in [0.1, 0.15) is 5.82 Å². The second-order valence-electron chi connectivity index (χ2n) is 3.80. The zero-order chi connectivity index (χ0) is 9.26. The minimum absolute atomic E-state index is 0.763. The molecule has 2 rings (SSSR count). The first kappa shape index (κ1) is 8.69. The molecule has 1 aromatic heterocycles. The van der Waals surface area contributed by atoms with Crippen LogP contribution in [0.25, 0.3) is 0 Å². The number of hydrogen-bond donors (Lipinski definition) is 1. The average Bonchev–Trinajstić information content (AvgIpc) is 2.46. The van der Waals surface area contributed by atoms with Gasteiger partial charge in [0.05, 0.1) is 6.54 Å². The maximum absolute atomic E-state index is 4.48. The topological polar surface area (TPSA) is 42.7 Å². The summed E-state index contributed by atoms with van der Waals surface area (Å²) in [7, 11) is 1.92. The lowest BCUT2D eigenvalue weighted by atomic mass is 10.0. The molecule has 0 fully saturated rings. The van der Waals surface area contributed by atoms with E-state index in [0.29, 0.717) is 0 Å². The summed E-state index contributed by atoms with van der Waals surface area (Å²) < 4.78 is 2.05. The third-order valence-electron chi connectivity index (χ3n) is 2.49. The quantitative estimate of drug-likeness (QED) is 0.724. The van der Waals surface area contributed by atoms with Crippen molar-refractivity contribution in [1.29, 1.82) is 0 Å². The number of fused-ring (bicyclic) bond motifs is 1. The van der Waals surface area contributed by atoms with Crippen molar-refractivity contribution >= 4 is 0 Å². The van der Waals surface area contributed by atoms with E-state index in [4.69, 9.17) is 0 Å². The Bertz CT molecular complexity index is 292. The molecule has 1 aromatic rings. The molecule has 4 heteroatoms. The van der Waals surface area contributed by atoms with Gasteiger partial charge in [-0.1, -0.05) is 6.92 Å². The number of aromatic nitrogens is 3. The SMILES string of the molecule is CNCc1nc2n(n1)CCC(C)C2. The number of nitrogens with zero attached hydrogens (tertiary/aromatic N) is 3. The fourth-order valence-corrected chi connectivity index (χ4v) is 1.75. The number of aryl methyl sites for hydroxylation is 1. The molecule has 0 saturated heterocycles. The molecule has 0 saturated carbocycles. The highest BCUT2D eigenvalue weighted by molar-refractivity contribution is 4.96. The molecule has 1 aliphatic rings. The summed E-state index contributed by atoms with van der Waals surface area (Å²) in [5.74, 6) is 2.84. The first-order valence-electron chi connectivity index (χ1n) is 4.87. The fraction of sp³-hybridized carbons (Fsp3) is 0.778. The Morgan fingerprint density at radius 2 is 2.46 bits per heavy atom. The molecule has 0 amide bonds. The standard InChI is InChI=1S/C9H16N4/c1-7-3-4-13-9(5-7)11-8(12-13)6-10-2/h7,10H,3-6H2,1-2H3. The van der Waals surface area contributed by atoms with Crippen LogP contribution in [0.15, 0.2) is 0 Å². The van der Waals surface area contributed by atoms with Crippen molar-refractivity contribution in [1.82, 2.24) is 20.1 Å². The Balaban J connectivity index is 2.18. The third-order valence-corrected chi connectivity index (χ3v) is 2.49. The molecule has 1 unspecified atom stereocenters. The smallest absolute Gasteiger partial charge is 0.164 e. The molecule has 0 aliphatic carbocycles. The van der Waals surface area contributed by atoms with E-state index >= 15 is 0 Å². The van der Waals surface area contributed by atoms with Gasteiger partial charge in [0.15, 0.2) is 5.82 Å². The van der Waals surface area contributed by atoms with Crippen LogP contribution in [0, 0.1) is 5.92 Å². The minimum atomic E-state index is 0.763. The van der Waals surface area contributed by atoms with Crippen LogP contribution in [0.4, 0.5) is 0 Å². The predicted molar refractivity (Wildman–Crippen MR) is 50.3 cm³/mol. The van der Waals surface area contributed by atoms with Crippen LogP contribution in [0.1, 0.15) is 25.0 Å². The van der Waals surface area contributed by atoms with Gasteiger partial charge in [-0.05, 0) is 19.4 Å². The fourth-order valence-electron chi connectivity index (χ4n) is 1.75. The molecule has 1 aliphatic heterocycles. The molecule has 1 atom stereocenters. The molecule has 2 heterocycles. The second-order valence-corrected chi connectivity index (χ2v) is 3.80. The van der Waals surface area contributed by atoms with Gasteiger partial charge < -0.3 is 5.32 Å². The Labute approximate surface area is 78.4 Å². The maximum Gasteiger partial charge on any atom is 0.164 e.